The summed E-state index contributed by atoms with van der Waals surface area (Å²) in [6.07, 6.45) is 0.118. The molecule has 33 heavy (non-hydrogen) atoms. The third-order valence-corrected chi connectivity index (χ3v) is 5.77. The second-order valence-corrected chi connectivity index (χ2v) is 7.86. The van der Waals surface area contributed by atoms with Crippen LogP contribution in [0.25, 0.3) is 5.65 Å². The van der Waals surface area contributed by atoms with E-state index < -0.39 is 30.5 Å². The van der Waals surface area contributed by atoms with Gasteiger partial charge in [-0.1, -0.05) is 18.2 Å². The number of aromatic nitrogens is 3. The molecule has 176 valence electrons. The Morgan fingerprint density at radius 2 is 1.88 bits per heavy atom. The first-order chi connectivity index (χ1) is 15.9. The molecule has 1 fully saturated rings. The summed E-state index contributed by atoms with van der Waals surface area (Å²) in [4.78, 5) is 25.2. The molecule has 1 aromatic carbocycles. The van der Waals surface area contributed by atoms with Crippen LogP contribution in [0.15, 0.2) is 36.7 Å². The maximum Gasteiger partial charge on any atom is 0.274 e. The molecule has 0 unspecified atom stereocenters. The Morgan fingerprint density at radius 3 is 2.58 bits per heavy atom. The van der Waals surface area contributed by atoms with E-state index in [4.69, 9.17) is 0 Å². The monoisotopic (exact) mass is 464 g/mol. The van der Waals surface area contributed by atoms with Crippen LogP contribution in [0.2, 0.25) is 0 Å². The molecule has 0 saturated carbocycles. The van der Waals surface area contributed by atoms with Crippen molar-refractivity contribution >= 4 is 17.5 Å². The van der Waals surface area contributed by atoms with Crippen LogP contribution in [-0.2, 0) is 0 Å². The maximum absolute atomic E-state index is 14.5. The Labute approximate surface area is 188 Å². The molecule has 1 atom stereocenters. The van der Waals surface area contributed by atoms with Crippen LogP contribution in [0.4, 0.5) is 23.5 Å². The van der Waals surface area contributed by atoms with E-state index in [-0.39, 0.29) is 17.2 Å². The smallest absolute Gasteiger partial charge is 0.274 e. The van der Waals surface area contributed by atoms with Crippen molar-refractivity contribution in [1.82, 2.24) is 24.2 Å². The molecule has 11 heteroatoms. The molecule has 1 aliphatic heterocycles. The van der Waals surface area contributed by atoms with Crippen molar-refractivity contribution < 1.29 is 22.4 Å². The number of piperazine rings is 1. The minimum absolute atomic E-state index is 0.0779. The van der Waals surface area contributed by atoms with Crippen LogP contribution in [0, 0.1) is 5.82 Å². The number of fused-ring (bicyclic) bond motifs is 1. The third-order valence-electron chi connectivity index (χ3n) is 5.77. The van der Waals surface area contributed by atoms with Crippen LogP contribution >= 0.6 is 0 Å². The fourth-order valence-corrected chi connectivity index (χ4v) is 3.93. The lowest BCUT2D eigenvalue weighted by Gasteiger charge is -2.33. The Kier molecular flexibility index (Phi) is 6.77. The number of amides is 1. The normalized spacial score (nSPS) is 15.9. The van der Waals surface area contributed by atoms with Gasteiger partial charge in [-0.15, -0.1) is 0 Å². The van der Waals surface area contributed by atoms with Gasteiger partial charge in [-0.2, -0.15) is 0 Å². The van der Waals surface area contributed by atoms with E-state index in [2.05, 4.69) is 15.3 Å². The largest absolute Gasteiger partial charge is 0.349 e. The number of nitrogens with zero attached hydrogens (tertiary/aromatic N) is 5. The zero-order chi connectivity index (χ0) is 23.5. The van der Waals surface area contributed by atoms with Crippen molar-refractivity contribution in [2.24, 2.45) is 0 Å². The Balaban J connectivity index is 1.54. The van der Waals surface area contributed by atoms with Gasteiger partial charge in [-0.05, 0) is 13.0 Å². The van der Waals surface area contributed by atoms with E-state index >= 15 is 0 Å². The second kappa shape index (κ2) is 9.74. The average Bonchev–Trinajstić information content (AvgIpc) is 3.24. The second-order valence-electron chi connectivity index (χ2n) is 7.86. The first-order valence-corrected chi connectivity index (χ1v) is 10.6. The molecular weight excluding hydrogens is 440 g/mol. The minimum Gasteiger partial charge on any atom is -0.349 e. The van der Waals surface area contributed by atoms with Gasteiger partial charge in [0.2, 0.25) is 5.95 Å². The number of carbonyl (C=O) groups excluding carboxylic acids is 1. The topological polar surface area (TPSA) is 65.8 Å². The van der Waals surface area contributed by atoms with Crippen LogP contribution in [0.1, 0.15) is 41.0 Å². The summed E-state index contributed by atoms with van der Waals surface area (Å²) >= 11 is 0. The van der Waals surface area contributed by atoms with Gasteiger partial charge in [0.25, 0.3) is 12.3 Å². The number of hydrogen-bond acceptors (Lipinski definition) is 5. The number of carbonyl (C=O) groups is 1. The van der Waals surface area contributed by atoms with Gasteiger partial charge in [0.1, 0.15) is 23.8 Å². The molecule has 3 heterocycles. The van der Waals surface area contributed by atoms with Crippen molar-refractivity contribution in [2.75, 3.05) is 44.7 Å². The van der Waals surface area contributed by atoms with Crippen molar-refractivity contribution in [3.8, 4) is 0 Å². The summed E-state index contributed by atoms with van der Waals surface area (Å²) in [7, 11) is 0. The van der Waals surface area contributed by atoms with Gasteiger partial charge in [-0.25, -0.2) is 27.5 Å². The molecule has 0 spiro atoms. The molecule has 0 aliphatic carbocycles. The van der Waals surface area contributed by atoms with Gasteiger partial charge in [0.05, 0.1) is 11.6 Å². The summed E-state index contributed by atoms with van der Waals surface area (Å²) < 4.78 is 54.8. The summed E-state index contributed by atoms with van der Waals surface area (Å²) in [6, 6.07) is 4.83. The maximum atomic E-state index is 14.5. The summed E-state index contributed by atoms with van der Waals surface area (Å²) in [5, 5.41) is 3.02. The Hall–Kier alpha value is -3.21. The first-order valence-electron chi connectivity index (χ1n) is 10.6. The van der Waals surface area contributed by atoms with Gasteiger partial charge < -0.3 is 10.2 Å². The van der Waals surface area contributed by atoms with Gasteiger partial charge in [0, 0.05) is 50.7 Å². The molecule has 0 bridgehead atoms. The lowest BCUT2D eigenvalue weighted by atomic mass is 10.0. The quantitative estimate of drug-likeness (QED) is 0.540. The lowest BCUT2D eigenvalue weighted by Crippen LogP contribution is -2.49. The summed E-state index contributed by atoms with van der Waals surface area (Å²) in [5.41, 5.74) is 0.105. The van der Waals surface area contributed by atoms with E-state index in [0.717, 1.165) is 6.07 Å². The number of halogens is 4. The number of anilines is 1. The highest BCUT2D eigenvalue weighted by Crippen LogP contribution is 2.28. The fourth-order valence-electron chi connectivity index (χ4n) is 3.93. The van der Waals surface area contributed by atoms with Crippen molar-refractivity contribution in [2.45, 2.75) is 19.4 Å². The van der Waals surface area contributed by atoms with Gasteiger partial charge >= 0.3 is 0 Å². The average molecular weight is 464 g/mol. The van der Waals surface area contributed by atoms with E-state index in [9.17, 15) is 22.4 Å². The SMILES string of the molecule is C[C@@H](Nc1nccc2nc(C(=O)N3CCN(CCF)CC3)cn12)c1cccc(C(F)F)c1F. The highest BCUT2D eigenvalue weighted by Gasteiger charge is 2.25. The highest BCUT2D eigenvalue weighted by atomic mass is 19.3. The summed E-state index contributed by atoms with van der Waals surface area (Å²) in [5.74, 6) is -0.914. The number of alkyl halides is 3. The van der Waals surface area contributed by atoms with Gasteiger partial charge in [-0.3, -0.25) is 14.1 Å². The number of imidazole rings is 1. The minimum atomic E-state index is -2.92. The summed E-state index contributed by atoms with van der Waals surface area (Å²) in [6.45, 7) is 3.72. The molecule has 1 N–H and O–H groups in total. The molecule has 1 aliphatic rings. The number of rotatable bonds is 7. The third kappa shape index (κ3) is 4.77. The highest BCUT2D eigenvalue weighted by molar-refractivity contribution is 5.93. The standard InChI is InChI=1S/C22H24F4N6O/c1-14(15-3-2-4-16(19(15)24)20(25)26)28-22-27-7-5-18-29-17(13-32(18)22)21(33)31-11-9-30(8-6-23)10-12-31/h2-5,7,13-14,20H,6,8-12H2,1H3,(H,27,28)/t14-/m1/s1. The molecule has 3 aromatic rings. The molecule has 2 aromatic heterocycles. The van der Waals surface area contributed by atoms with E-state index in [1.54, 1.807) is 28.5 Å². The van der Waals surface area contributed by atoms with Crippen molar-refractivity contribution in [3.05, 3.63) is 59.3 Å². The van der Waals surface area contributed by atoms with Crippen molar-refractivity contribution in [1.29, 1.82) is 0 Å². The lowest BCUT2D eigenvalue weighted by molar-refractivity contribution is 0.0625. The van der Waals surface area contributed by atoms with Crippen LogP contribution < -0.4 is 5.32 Å². The molecular formula is C22H24F4N6O. The zero-order valence-electron chi connectivity index (χ0n) is 18.0. The molecule has 4 rings (SSSR count). The molecule has 7 nitrogen and oxygen atoms in total. The molecule has 1 saturated heterocycles. The first kappa shape index (κ1) is 23.0. The van der Waals surface area contributed by atoms with E-state index in [0.29, 0.717) is 44.3 Å². The van der Waals surface area contributed by atoms with E-state index in [1.165, 1.54) is 18.3 Å². The predicted octanol–water partition coefficient (Wildman–Crippen LogP) is 3.71. The van der Waals surface area contributed by atoms with E-state index in [1.807, 2.05) is 4.90 Å². The number of benzene rings is 1. The van der Waals surface area contributed by atoms with Crippen molar-refractivity contribution in [3.63, 3.8) is 0 Å². The molecule has 1 amide bonds. The number of nitrogens with one attached hydrogen (secondary N) is 1. The Morgan fingerprint density at radius 1 is 1.15 bits per heavy atom. The van der Waals surface area contributed by atoms with Crippen LogP contribution in [-0.4, -0.2) is 69.5 Å². The zero-order valence-corrected chi connectivity index (χ0v) is 18.0. The predicted molar refractivity (Wildman–Crippen MR) is 115 cm³/mol. The fraction of sp³-hybridized carbons (Fsp3) is 0.409. The number of hydrogen-bond donors (Lipinski definition) is 1. The molecule has 0 radical (unpaired) electrons. The van der Waals surface area contributed by atoms with Gasteiger partial charge in [0.15, 0.2) is 0 Å². The Bertz CT molecular complexity index is 1130. The van der Waals surface area contributed by atoms with Crippen LogP contribution in [0.5, 0.6) is 0 Å². The van der Waals surface area contributed by atoms with Crippen LogP contribution in [0.3, 0.4) is 0 Å².